The van der Waals surface area contributed by atoms with Crippen LogP contribution in [0, 0.1) is 0 Å². The van der Waals surface area contributed by atoms with E-state index in [9.17, 15) is 5.11 Å². The third-order valence-corrected chi connectivity index (χ3v) is 4.48. The Hall–Kier alpha value is -1.06. The Kier molecular flexibility index (Phi) is 3.76. The van der Waals surface area contributed by atoms with Crippen LogP contribution in [0.1, 0.15) is 38.2 Å². The first-order valence-corrected chi connectivity index (χ1v) is 7.42. The number of hydrogen-bond acceptors (Lipinski definition) is 3. The highest BCUT2D eigenvalue weighted by Gasteiger charge is 2.40. The van der Waals surface area contributed by atoms with E-state index in [0.29, 0.717) is 18.7 Å². The summed E-state index contributed by atoms with van der Waals surface area (Å²) >= 11 is 0. The van der Waals surface area contributed by atoms with Gasteiger partial charge in [-0.25, -0.2) is 0 Å². The van der Waals surface area contributed by atoms with Gasteiger partial charge in [0.25, 0.3) is 0 Å². The predicted molar refractivity (Wildman–Crippen MR) is 75.2 cm³/mol. The first-order valence-electron chi connectivity index (χ1n) is 7.42. The molecule has 0 aromatic heterocycles. The molecule has 0 spiro atoms. The molecule has 2 aliphatic rings. The Morgan fingerprint density at radius 3 is 2.58 bits per heavy atom. The van der Waals surface area contributed by atoms with E-state index in [2.05, 4.69) is 23.1 Å². The molecule has 3 heteroatoms. The number of nitrogens with zero attached hydrogens (tertiary/aromatic N) is 1. The van der Waals surface area contributed by atoms with Gasteiger partial charge in [-0.1, -0.05) is 18.2 Å². The summed E-state index contributed by atoms with van der Waals surface area (Å²) in [6.45, 7) is 3.69. The van der Waals surface area contributed by atoms with Gasteiger partial charge in [0.15, 0.2) is 0 Å². The van der Waals surface area contributed by atoms with Crippen molar-refractivity contribution in [3.8, 4) is 5.75 Å². The van der Waals surface area contributed by atoms with Crippen LogP contribution < -0.4 is 4.74 Å². The van der Waals surface area contributed by atoms with Gasteiger partial charge < -0.3 is 9.84 Å². The molecule has 1 aromatic rings. The van der Waals surface area contributed by atoms with Crippen LogP contribution in [0.4, 0.5) is 0 Å². The maximum atomic E-state index is 9.86. The minimum Gasteiger partial charge on any atom is -0.494 e. The Labute approximate surface area is 115 Å². The molecular formula is C16H23NO2. The largest absolute Gasteiger partial charge is 0.494 e. The molecule has 3 nitrogen and oxygen atoms in total. The second kappa shape index (κ2) is 5.51. The molecule has 19 heavy (non-hydrogen) atoms. The van der Waals surface area contributed by atoms with Crippen molar-refractivity contribution in [1.82, 2.24) is 4.90 Å². The molecule has 1 aromatic carbocycles. The number of benzene rings is 1. The van der Waals surface area contributed by atoms with E-state index in [1.54, 1.807) is 0 Å². The van der Waals surface area contributed by atoms with Crippen LogP contribution in [0.3, 0.4) is 0 Å². The molecule has 2 aliphatic heterocycles. The van der Waals surface area contributed by atoms with Crippen LogP contribution in [0.15, 0.2) is 24.3 Å². The summed E-state index contributed by atoms with van der Waals surface area (Å²) in [7, 11) is 0. The molecule has 2 atom stereocenters. The number of hydrogen-bond donors (Lipinski definition) is 1. The summed E-state index contributed by atoms with van der Waals surface area (Å²) < 4.78 is 5.71. The van der Waals surface area contributed by atoms with Crippen LogP contribution in [-0.4, -0.2) is 34.8 Å². The van der Waals surface area contributed by atoms with Crippen molar-refractivity contribution in [2.45, 2.75) is 57.3 Å². The molecule has 0 amide bonds. The normalized spacial score (nSPS) is 30.5. The first-order chi connectivity index (χ1) is 9.28. The minimum atomic E-state index is -0.0871. The predicted octanol–water partition coefficient (Wildman–Crippen LogP) is 2.57. The van der Waals surface area contributed by atoms with Gasteiger partial charge >= 0.3 is 0 Å². The van der Waals surface area contributed by atoms with Gasteiger partial charge in [0.05, 0.1) is 12.7 Å². The van der Waals surface area contributed by atoms with Crippen LogP contribution >= 0.6 is 0 Å². The topological polar surface area (TPSA) is 32.7 Å². The van der Waals surface area contributed by atoms with E-state index in [1.165, 1.54) is 18.4 Å². The zero-order valence-corrected chi connectivity index (χ0v) is 11.6. The molecule has 3 rings (SSSR count). The minimum absolute atomic E-state index is 0.0871. The molecule has 1 N–H and O–H groups in total. The Bertz CT molecular complexity index is 421. The second-order valence-corrected chi connectivity index (χ2v) is 5.72. The van der Waals surface area contributed by atoms with E-state index in [0.717, 1.165) is 25.1 Å². The van der Waals surface area contributed by atoms with Gasteiger partial charge in [0.2, 0.25) is 0 Å². The highest BCUT2D eigenvalue weighted by Crippen LogP contribution is 2.37. The first kappa shape index (κ1) is 12.9. The summed E-state index contributed by atoms with van der Waals surface area (Å²) in [6, 6.07) is 9.45. The van der Waals surface area contributed by atoms with E-state index in [1.807, 2.05) is 13.0 Å². The molecule has 2 fully saturated rings. The molecule has 0 aliphatic carbocycles. The number of para-hydroxylation sites is 1. The lowest BCUT2D eigenvalue weighted by molar-refractivity contribution is 0.0306. The summed E-state index contributed by atoms with van der Waals surface area (Å²) in [5.41, 5.74) is 1.28. The third-order valence-electron chi connectivity index (χ3n) is 4.48. The van der Waals surface area contributed by atoms with Crippen LogP contribution in [0.5, 0.6) is 5.75 Å². The Balaban J connectivity index is 1.75. The molecule has 0 saturated carbocycles. The van der Waals surface area contributed by atoms with Crippen LogP contribution in [0.25, 0.3) is 0 Å². The molecule has 2 bridgehead atoms. The average Bonchev–Trinajstić information content (AvgIpc) is 2.64. The van der Waals surface area contributed by atoms with Gasteiger partial charge in [-0.05, 0) is 38.7 Å². The lowest BCUT2D eigenvalue weighted by Gasteiger charge is -2.37. The molecule has 2 unspecified atom stereocenters. The number of ether oxygens (including phenoxy) is 1. The highest BCUT2D eigenvalue weighted by molar-refractivity contribution is 5.33. The maximum Gasteiger partial charge on any atom is 0.123 e. The lowest BCUT2D eigenvalue weighted by Crippen LogP contribution is -2.44. The van der Waals surface area contributed by atoms with Crippen LogP contribution in [0.2, 0.25) is 0 Å². The van der Waals surface area contributed by atoms with Gasteiger partial charge in [-0.2, -0.15) is 0 Å². The number of piperidine rings is 1. The summed E-state index contributed by atoms with van der Waals surface area (Å²) in [4.78, 5) is 2.57. The molecule has 2 heterocycles. The summed E-state index contributed by atoms with van der Waals surface area (Å²) in [6.07, 6.45) is 4.26. The van der Waals surface area contributed by atoms with Crippen molar-refractivity contribution >= 4 is 0 Å². The number of aliphatic hydroxyl groups is 1. The van der Waals surface area contributed by atoms with Crippen molar-refractivity contribution in [1.29, 1.82) is 0 Å². The Morgan fingerprint density at radius 1 is 1.21 bits per heavy atom. The van der Waals surface area contributed by atoms with Gasteiger partial charge in [-0.15, -0.1) is 0 Å². The van der Waals surface area contributed by atoms with E-state index >= 15 is 0 Å². The SMILES string of the molecule is CCOc1ccccc1CN1C2CCC1CC(O)C2. The van der Waals surface area contributed by atoms with E-state index < -0.39 is 0 Å². The van der Waals surface area contributed by atoms with Crippen molar-refractivity contribution < 1.29 is 9.84 Å². The summed E-state index contributed by atoms with van der Waals surface area (Å²) in [5.74, 6) is 1.01. The zero-order valence-electron chi connectivity index (χ0n) is 11.6. The molecule has 2 saturated heterocycles. The van der Waals surface area contributed by atoms with Gasteiger partial charge in [0.1, 0.15) is 5.75 Å². The van der Waals surface area contributed by atoms with Crippen molar-refractivity contribution in [3.05, 3.63) is 29.8 Å². The number of fused-ring (bicyclic) bond motifs is 2. The fraction of sp³-hybridized carbons (Fsp3) is 0.625. The smallest absolute Gasteiger partial charge is 0.123 e. The zero-order chi connectivity index (χ0) is 13.2. The highest BCUT2D eigenvalue weighted by atomic mass is 16.5. The molecule has 0 radical (unpaired) electrons. The summed E-state index contributed by atoms with van der Waals surface area (Å²) in [5, 5.41) is 9.86. The average molecular weight is 261 g/mol. The Morgan fingerprint density at radius 2 is 1.89 bits per heavy atom. The molecular weight excluding hydrogens is 238 g/mol. The van der Waals surface area contributed by atoms with Crippen molar-refractivity contribution in [3.63, 3.8) is 0 Å². The monoisotopic (exact) mass is 261 g/mol. The van der Waals surface area contributed by atoms with E-state index in [4.69, 9.17) is 4.74 Å². The van der Waals surface area contributed by atoms with Crippen molar-refractivity contribution in [2.24, 2.45) is 0 Å². The maximum absolute atomic E-state index is 9.86. The second-order valence-electron chi connectivity index (χ2n) is 5.72. The van der Waals surface area contributed by atoms with E-state index in [-0.39, 0.29) is 6.10 Å². The van der Waals surface area contributed by atoms with Gasteiger partial charge in [0, 0.05) is 24.2 Å². The van der Waals surface area contributed by atoms with Gasteiger partial charge in [-0.3, -0.25) is 4.90 Å². The van der Waals surface area contributed by atoms with Crippen LogP contribution in [-0.2, 0) is 6.54 Å². The molecule has 104 valence electrons. The third kappa shape index (κ3) is 2.63. The number of rotatable bonds is 4. The quantitative estimate of drug-likeness (QED) is 0.904. The van der Waals surface area contributed by atoms with Crippen molar-refractivity contribution in [2.75, 3.05) is 6.61 Å². The standard InChI is InChI=1S/C16H23NO2/c1-2-19-16-6-4-3-5-12(16)11-17-13-7-8-14(17)10-15(18)9-13/h3-6,13-15,18H,2,7-11H2,1H3. The number of aliphatic hydroxyl groups excluding tert-OH is 1. The fourth-order valence-corrected chi connectivity index (χ4v) is 3.63. The lowest BCUT2D eigenvalue weighted by atomic mass is 9.99. The fourth-order valence-electron chi connectivity index (χ4n) is 3.63.